The summed E-state index contributed by atoms with van der Waals surface area (Å²) >= 11 is 2.06. The monoisotopic (exact) mass is 416 g/mol. The average Bonchev–Trinajstić information content (AvgIpc) is 2.54. The summed E-state index contributed by atoms with van der Waals surface area (Å²) in [6.45, 7) is 8.49. The standard InChI is InChI=1S/C16H21IN2O3/c1-3-18-8-10-19(11-9-18)15(20)12-6-5-7-13(14(12)17)16(21)22-4-2/h5-7H,3-4,8-11H2,1-2H3. The number of ether oxygens (including phenoxy) is 1. The van der Waals surface area contributed by atoms with Crippen LogP contribution in [0.15, 0.2) is 18.2 Å². The number of likely N-dealkylation sites (N-methyl/N-ethyl adjacent to an activating group) is 1. The molecule has 0 radical (unpaired) electrons. The molecular weight excluding hydrogens is 395 g/mol. The molecule has 1 saturated heterocycles. The SMILES string of the molecule is CCOC(=O)c1cccc(C(=O)N2CCN(CC)CC2)c1I. The molecule has 0 atom stereocenters. The smallest absolute Gasteiger partial charge is 0.339 e. The molecule has 5 nitrogen and oxygen atoms in total. The second kappa shape index (κ2) is 7.92. The van der Waals surface area contributed by atoms with Crippen LogP contribution in [-0.4, -0.2) is 61.0 Å². The van der Waals surface area contributed by atoms with Crippen LogP contribution in [0.3, 0.4) is 0 Å². The van der Waals surface area contributed by atoms with Crippen LogP contribution in [0.1, 0.15) is 34.6 Å². The summed E-state index contributed by atoms with van der Waals surface area (Å²) in [4.78, 5) is 28.8. The molecule has 0 spiro atoms. The van der Waals surface area contributed by atoms with Crippen molar-refractivity contribution in [2.45, 2.75) is 13.8 Å². The molecule has 0 unspecified atom stereocenters. The van der Waals surface area contributed by atoms with Crippen LogP contribution < -0.4 is 0 Å². The molecule has 0 aromatic heterocycles. The van der Waals surface area contributed by atoms with Crippen molar-refractivity contribution in [3.05, 3.63) is 32.9 Å². The molecule has 1 aliphatic rings. The van der Waals surface area contributed by atoms with Crippen molar-refractivity contribution in [2.24, 2.45) is 0 Å². The van der Waals surface area contributed by atoms with E-state index in [1.165, 1.54) is 0 Å². The molecule has 1 aliphatic heterocycles. The summed E-state index contributed by atoms with van der Waals surface area (Å²) in [5.74, 6) is -0.386. The Bertz CT molecular complexity index is 554. The first-order chi connectivity index (χ1) is 10.6. The van der Waals surface area contributed by atoms with Gasteiger partial charge in [-0.05, 0) is 48.2 Å². The van der Waals surface area contributed by atoms with E-state index in [0.717, 1.165) is 32.7 Å². The van der Waals surface area contributed by atoms with Gasteiger partial charge in [-0.2, -0.15) is 0 Å². The number of carbonyl (C=O) groups is 2. The van der Waals surface area contributed by atoms with Crippen LogP contribution in [-0.2, 0) is 4.74 Å². The third-order valence-electron chi connectivity index (χ3n) is 3.83. The molecule has 1 fully saturated rings. The fraction of sp³-hybridized carbons (Fsp3) is 0.500. The van der Waals surface area contributed by atoms with Gasteiger partial charge in [-0.25, -0.2) is 4.79 Å². The Balaban J connectivity index is 2.17. The zero-order valence-corrected chi connectivity index (χ0v) is 15.1. The minimum Gasteiger partial charge on any atom is -0.462 e. The van der Waals surface area contributed by atoms with Gasteiger partial charge < -0.3 is 14.5 Å². The van der Waals surface area contributed by atoms with Gasteiger partial charge in [-0.15, -0.1) is 0 Å². The van der Waals surface area contributed by atoms with Gasteiger partial charge in [-0.1, -0.05) is 13.0 Å². The van der Waals surface area contributed by atoms with E-state index in [9.17, 15) is 9.59 Å². The van der Waals surface area contributed by atoms with E-state index in [1.54, 1.807) is 25.1 Å². The van der Waals surface area contributed by atoms with Crippen LogP contribution in [0.25, 0.3) is 0 Å². The Morgan fingerprint density at radius 2 is 1.77 bits per heavy atom. The first-order valence-corrected chi connectivity index (χ1v) is 8.63. The molecule has 120 valence electrons. The molecule has 1 heterocycles. The third-order valence-corrected chi connectivity index (χ3v) is 4.99. The maximum atomic E-state index is 12.7. The zero-order valence-electron chi connectivity index (χ0n) is 13.0. The van der Waals surface area contributed by atoms with Gasteiger partial charge in [-0.3, -0.25) is 4.79 Å². The number of halogens is 1. The van der Waals surface area contributed by atoms with Crippen molar-refractivity contribution in [3.63, 3.8) is 0 Å². The van der Waals surface area contributed by atoms with Crippen molar-refractivity contribution >= 4 is 34.5 Å². The highest BCUT2D eigenvalue weighted by Crippen LogP contribution is 2.21. The summed E-state index contributed by atoms with van der Waals surface area (Å²) in [6, 6.07) is 5.22. The molecule has 22 heavy (non-hydrogen) atoms. The Morgan fingerprint density at radius 1 is 1.14 bits per heavy atom. The van der Waals surface area contributed by atoms with E-state index in [0.29, 0.717) is 21.3 Å². The summed E-state index contributed by atoms with van der Waals surface area (Å²) in [6.07, 6.45) is 0. The highest BCUT2D eigenvalue weighted by Gasteiger charge is 2.24. The van der Waals surface area contributed by atoms with Crippen LogP contribution in [0, 0.1) is 3.57 Å². The predicted molar refractivity (Wildman–Crippen MR) is 93.1 cm³/mol. The van der Waals surface area contributed by atoms with Crippen molar-refractivity contribution in [1.29, 1.82) is 0 Å². The summed E-state index contributed by atoms with van der Waals surface area (Å²) in [5, 5.41) is 0. The largest absolute Gasteiger partial charge is 0.462 e. The molecule has 0 bridgehead atoms. The normalized spacial score (nSPS) is 15.7. The van der Waals surface area contributed by atoms with Crippen molar-refractivity contribution in [1.82, 2.24) is 9.80 Å². The predicted octanol–water partition coefficient (Wildman–Crippen LogP) is 2.25. The average molecular weight is 416 g/mol. The molecule has 2 rings (SSSR count). The maximum absolute atomic E-state index is 12.7. The van der Waals surface area contributed by atoms with E-state index >= 15 is 0 Å². The molecule has 0 saturated carbocycles. The van der Waals surface area contributed by atoms with Crippen molar-refractivity contribution < 1.29 is 14.3 Å². The van der Waals surface area contributed by atoms with E-state index in [1.807, 2.05) is 4.90 Å². The number of carbonyl (C=O) groups excluding carboxylic acids is 2. The fourth-order valence-corrected chi connectivity index (χ4v) is 3.31. The van der Waals surface area contributed by atoms with E-state index in [4.69, 9.17) is 4.74 Å². The summed E-state index contributed by atoms with van der Waals surface area (Å²) in [5.41, 5.74) is 1.04. The summed E-state index contributed by atoms with van der Waals surface area (Å²) < 4.78 is 5.71. The molecule has 1 amide bonds. The Hall–Kier alpha value is -1.15. The lowest BCUT2D eigenvalue weighted by Gasteiger charge is -2.34. The number of hydrogen-bond donors (Lipinski definition) is 0. The van der Waals surface area contributed by atoms with Gasteiger partial charge in [0.15, 0.2) is 0 Å². The highest BCUT2D eigenvalue weighted by atomic mass is 127. The van der Waals surface area contributed by atoms with Gasteiger partial charge >= 0.3 is 5.97 Å². The first-order valence-electron chi connectivity index (χ1n) is 7.55. The lowest BCUT2D eigenvalue weighted by molar-refractivity contribution is 0.0525. The lowest BCUT2D eigenvalue weighted by atomic mass is 10.1. The van der Waals surface area contributed by atoms with Gasteiger partial charge in [0.05, 0.1) is 17.7 Å². The topological polar surface area (TPSA) is 49.9 Å². The van der Waals surface area contributed by atoms with Gasteiger partial charge in [0, 0.05) is 29.7 Å². The van der Waals surface area contributed by atoms with Crippen molar-refractivity contribution in [3.8, 4) is 0 Å². The maximum Gasteiger partial charge on any atom is 0.339 e. The lowest BCUT2D eigenvalue weighted by Crippen LogP contribution is -2.48. The number of hydrogen-bond acceptors (Lipinski definition) is 4. The second-order valence-electron chi connectivity index (χ2n) is 5.11. The number of nitrogens with zero attached hydrogens (tertiary/aromatic N) is 2. The van der Waals surface area contributed by atoms with Crippen LogP contribution in [0.2, 0.25) is 0 Å². The number of amides is 1. The third kappa shape index (κ3) is 3.78. The molecule has 0 N–H and O–H groups in total. The molecule has 6 heteroatoms. The van der Waals surface area contributed by atoms with Crippen molar-refractivity contribution in [2.75, 3.05) is 39.3 Å². The van der Waals surface area contributed by atoms with E-state index in [2.05, 4.69) is 34.4 Å². The zero-order chi connectivity index (χ0) is 16.1. The van der Waals surface area contributed by atoms with Crippen LogP contribution in [0.5, 0.6) is 0 Å². The minimum absolute atomic E-state index is 0.00805. The number of piperazine rings is 1. The van der Waals surface area contributed by atoms with Gasteiger partial charge in [0.25, 0.3) is 5.91 Å². The molecule has 1 aromatic carbocycles. The second-order valence-corrected chi connectivity index (χ2v) is 6.19. The number of rotatable bonds is 4. The van der Waals surface area contributed by atoms with Crippen LogP contribution >= 0.6 is 22.6 Å². The van der Waals surface area contributed by atoms with E-state index in [-0.39, 0.29) is 11.9 Å². The number of esters is 1. The fourth-order valence-electron chi connectivity index (χ4n) is 2.50. The summed E-state index contributed by atoms with van der Waals surface area (Å²) in [7, 11) is 0. The quantitative estimate of drug-likeness (QED) is 0.558. The molecule has 1 aromatic rings. The Kier molecular flexibility index (Phi) is 6.19. The Morgan fingerprint density at radius 3 is 2.36 bits per heavy atom. The number of benzene rings is 1. The Labute approximate surface area is 144 Å². The van der Waals surface area contributed by atoms with Gasteiger partial charge in [0.2, 0.25) is 0 Å². The molecule has 0 aliphatic carbocycles. The minimum atomic E-state index is -0.377. The van der Waals surface area contributed by atoms with Gasteiger partial charge in [0.1, 0.15) is 0 Å². The van der Waals surface area contributed by atoms with Crippen LogP contribution in [0.4, 0.5) is 0 Å². The molecular formula is C16H21IN2O3. The van der Waals surface area contributed by atoms with E-state index < -0.39 is 0 Å². The highest BCUT2D eigenvalue weighted by molar-refractivity contribution is 14.1. The first kappa shape index (κ1) is 17.2.